The van der Waals surface area contributed by atoms with Crippen LogP contribution in [0.2, 0.25) is 5.02 Å². The summed E-state index contributed by atoms with van der Waals surface area (Å²) >= 11 is 19.5. The molecule has 2 N–H and O–H groups in total. The molecular weight excluding hydrogens is 697 g/mol. The molecule has 0 spiro atoms. The highest BCUT2D eigenvalue weighted by atomic mass is 79.9. The number of carbonyl (C=O) groups excluding carboxylic acids is 1. The molecule has 0 bridgehead atoms. The van der Waals surface area contributed by atoms with Crippen LogP contribution in [0, 0.1) is 6.92 Å². The zero-order chi connectivity index (χ0) is 23.6. The van der Waals surface area contributed by atoms with Gasteiger partial charge in [-0.3, -0.25) is 4.79 Å². The highest BCUT2D eigenvalue weighted by Gasteiger charge is 2.28. The van der Waals surface area contributed by atoms with Crippen LogP contribution in [0.4, 0.5) is 5.69 Å². The van der Waals surface area contributed by atoms with Gasteiger partial charge < -0.3 is 15.2 Å². The van der Waals surface area contributed by atoms with Crippen molar-refractivity contribution in [1.29, 1.82) is 0 Å². The Morgan fingerprint density at radius 2 is 1.62 bits per heavy atom. The zero-order valence-electron chi connectivity index (χ0n) is 16.3. The number of carboxylic acid groups (broad SMARTS) is 1. The largest absolute Gasteiger partial charge is 0.487 e. The predicted octanol–water partition coefficient (Wildman–Crippen LogP) is 8.23. The summed E-state index contributed by atoms with van der Waals surface area (Å²) in [6.45, 7) is 2.35. The van der Waals surface area contributed by atoms with E-state index in [0.717, 1.165) is 11.1 Å². The van der Waals surface area contributed by atoms with Gasteiger partial charge in [0.25, 0.3) is 5.91 Å². The van der Waals surface area contributed by atoms with Gasteiger partial charge in [-0.05, 0) is 94.4 Å². The highest BCUT2D eigenvalue weighted by Crippen LogP contribution is 2.42. The maximum absolute atomic E-state index is 13.0. The number of carboxylic acids is 1. The summed E-state index contributed by atoms with van der Waals surface area (Å²) in [7, 11) is 0. The molecular formula is C22H14Br4ClNO4. The third kappa shape index (κ3) is 5.56. The number of hydrogen-bond donors (Lipinski definition) is 2. The summed E-state index contributed by atoms with van der Waals surface area (Å²) in [5.74, 6) is -1.41. The summed E-state index contributed by atoms with van der Waals surface area (Å²) in [5.41, 5.74) is 2.30. The van der Waals surface area contributed by atoms with E-state index in [9.17, 15) is 14.7 Å². The van der Waals surface area contributed by atoms with E-state index in [4.69, 9.17) is 16.3 Å². The van der Waals surface area contributed by atoms with Crippen molar-refractivity contribution in [3.05, 3.63) is 87.6 Å². The van der Waals surface area contributed by atoms with E-state index >= 15 is 0 Å². The van der Waals surface area contributed by atoms with E-state index < -0.39 is 11.9 Å². The molecule has 3 aromatic rings. The minimum absolute atomic E-state index is 0.0460. The lowest BCUT2D eigenvalue weighted by atomic mass is 10.1. The number of aryl methyl sites for hydroxylation is 1. The Morgan fingerprint density at radius 1 is 0.969 bits per heavy atom. The fraction of sp³-hybridized carbons (Fsp3) is 0.0909. The van der Waals surface area contributed by atoms with Gasteiger partial charge in [-0.25, -0.2) is 4.79 Å². The fourth-order valence-electron chi connectivity index (χ4n) is 2.90. The number of benzene rings is 3. The molecule has 1 amide bonds. The number of ether oxygens (including phenoxy) is 1. The minimum atomic E-state index is -1.26. The highest BCUT2D eigenvalue weighted by molar-refractivity contribution is 9.15. The SMILES string of the molecule is Cc1cccc(COc2ccc(NC(=O)c3c(Br)c(Br)c(Br)c(Br)c3C(=O)O)cc2Cl)c1. The van der Waals surface area contributed by atoms with Crippen LogP contribution in [0.1, 0.15) is 31.8 Å². The molecule has 0 radical (unpaired) electrons. The quantitative estimate of drug-likeness (QED) is 0.200. The van der Waals surface area contributed by atoms with E-state index in [1.807, 2.05) is 31.2 Å². The van der Waals surface area contributed by atoms with Gasteiger partial charge in [0.15, 0.2) is 0 Å². The van der Waals surface area contributed by atoms with E-state index in [1.54, 1.807) is 18.2 Å². The number of carbonyl (C=O) groups is 2. The lowest BCUT2D eigenvalue weighted by Crippen LogP contribution is -2.18. The number of anilines is 1. The molecule has 0 heterocycles. The first-order valence-corrected chi connectivity index (χ1v) is 12.5. The van der Waals surface area contributed by atoms with Gasteiger partial charge >= 0.3 is 5.97 Å². The van der Waals surface area contributed by atoms with Crippen LogP contribution in [-0.4, -0.2) is 17.0 Å². The summed E-state index contributed by atoms with van der Waals surface area (Å²) in [5, 5.41) is 12.6. The lowest BCUT2D eigenvalue weighted by Gasteiger charge is -2.15. The van der Waals surface area contributed by atoms with Gasteiger partial charge in [0.1, 0.15) is 12.4 Å². The third-order valence-electron chi connectivity index (χ3n) is 4.37. The molecule has 32 heavy (non-hydrogen) atoms. The molecule has 3 aromatic carbocycles. The topological polar surface area (TPSA) is 75.6 Å². The van der Waals surface area contributed by atoms with Gasteiger partial charge in [-0.1, -0.05) is 41.4 Å². The van der Waals surface area contributed by atoms with Crippen LogP contribution in [0.3, 0.4) is 0 Å². The average molecular weight is 711 g/mol. The molecule has 0 aromatic heterocycles. The number of hydrogen-bond acceptors (Lipinski definition) is 3. The van der Waals surface area contributed by atoms with E-state index in [1.165, 1.54) is 0 Å². The smallest absolute Gasteiger partial charge is 0.337 e. The fourth-order valence-corrected chi connectivity index (χ4v) is 5.60. The third-order valence-corrected chi connectivity index (χ3v) is 9.44. The normalized spacial score (nSPS) is 10.7. The van der Waals surface area contributed by atoms with Crippen LogP contribution in [0.5, 0.6) is 5.75 Å². The van der Waals surface area contributed by atoms with Crippen molar-refractivity contribution in [2.24, 2.45) is 0 Å². The average Bonchev–Trinajstić information content (AvgIpc) is 2.73. The zero-order valence-corrected chi connectivity index (χ0v) is 23.4. The van der Waals surface area contributed by atoms with Crippen LogP contribution in [0.15, 0.2) is 60.4 Å². The summed E-state index contributed by atoms with van der Waals surface area (Å²) in [6.07, 6.45) is 0. The van der Waals surface area contributed by atoms with Crippen molar-refractivity contribution < 1.29 is 19.4 Å². The molecule has 166 valence electrons. The number of nitrogens with one attached hydrogen (secondary N) is 1. The monoisotopic (exact) mass is 707 g/mol. The molecule has 0 saturated heterocycles. The van der Waals surface area contributed by atoms with Crippen molar-refractivity contribution in [3.8, 4) is 5.75 Å². The molecule has 0 fully saturated rings. The van der Waals surface area contributed by atoms with Crippen LogP contribution in [-0.2, 0) is 6.61 Å². The number of halogens is 5. The van der Waals surface area contributed by atoms with Crippen molar-refractivity contribution in [2.45, 2.75) is 13.5 Å². The number of amides is 1. The van der Waals surface area contributed by atoms with E-state index in [0.29, 0.717) is 36.5 Å². The summed E-state index contributed by atoms with van der Waals surface area (Å²) < 4.78 is 7.29. The second-order valence-electron chi connectivity index (χ2n) is 6.69. The molecule has 0 atom stereocenters. The molecule has 0 aliphatic heterocycles. The Balaban J connectivity index is 1.83. The number of rotatable bonds is 6. The minimum Gasteiger partial charge on any atom is -0.487 e. The van der Waals surface area contributed by atoms with E-state index in [2.05, 4.69) is 69.0 Å². The maximum atomic E-state index is 13.0. The van der Waals surface area contributed by atoms with Gasteiger partial charge in [0, 0.05) is 23.6 Å². The van der Waals surface area contributed by atoms with Crippen molar-refractivity contribution in [2.75, 3.05) is 5.32 Å². The van der Waals surface area contributed by atoms with Gasteiger partial charge in [-0.15, -0.1) is 0 Å². The van der Waals surface area contributed by atoms with Crippen LogP contribution < -0.4 is 10.1 Å². The van der Waals surface area contributed by atoms with Crippen molar-refractivity contribution in [1.82, 2.24) is 0 Å². The molecule has 0 unspecified atom stereocenters. The molecule has 5 nitrogen and oxygen atoms in total. The first-order valence-electron chi connectivity index (χ1n) is 8.98. The summed E-state index contributed by atoms with van der Waals surface area (Å²) in [6, 6.07) is 12.8. The van der Waals surface area contributed by atoms with Crippen molar-refractivity contribution in [3.63, 3.8) is 0 Å². The maximum Gasteiger partial charge on any atom is 0.337 e. The Morgan fingerprint density at radius 3 is 2.22 bits per heavy atom. The lowest BCUT2D eigenvalue weighted by molar-refractivity contribution is 0.0691. The molecule has 10 heteroatoms. The molecule has 0 saturated carbocycles. The molecule has 3 rings (SSSR count). The Labute approximate surface area is 223 Å². The molecule has 0 aliphatic rings. The Kier molecular flexibility index (Phi) is 8.43. The van der Waals surface area contributed by atoms with Crippen LogP contribution >= 0.6 is 75.3 Å². The van der Waals surface area contributed by atoms with Gasteiger partial charge in [-0.2, -0.15) is 0 Å². The second-order valence-corrected chi connectivity index (χ2v) is 10.3. The van der Waals surface area contributed by atoms with Crippen LogP contribution in [0.25, 0.3) is 0 Å². The van der Waals surface area contributed by atoms with Crippen molar-refractivity contribution >= 4 is 92.9 Å². The number of aromatic carboxylic acids is 1. The first-order chi connectivity index (χ1) is 15.1. The first kappa shape index (κ1) is 25.2. The van der Waals surface area contributed by atoms with E-state index in [-0.39, 0.29) is 15.6 Å². The predicted molar refractivity (Wildman–Crippen MR) is 139 cm³/mol. The Bertz CT molecular complexity index is 1230. The summed E-state index contributed by atoms with van der Waals surface area (Å²) in [4.78, 5) is 24.8. The Hall–Kier alpha value is -1.39. The molecule has 0 aliphatic carbocycles. The van der Waals surface area contributed by atoms with Gasteiger partial charge in [0.2, 0.25) is 0 Å². The second kappa shape index (κ2) is 10.7. The standard InChI is InChI=1S/C22H14Br4ClNO4/c1-10-3-2-4-11(7-10)9-32-14-6-5-12(8-13(14)27)28-21(29)15-16(22(30)31)18(24)20(26)19(25)17(15)23/h2-8H,9H2,1H3,(H,28,29)(H,30,31). The van der Waals surface area contributed by atoms with Gasteiger partial charge in [0.05, 0.1) is 16.1 Å².